The fraction of sp³-hybridized carbons (Fsp3) is 0.826. The van der Waals surface area contributed by atoms with E-state index in [0.717, 1.165) is 38.5 Å². The Kier molecular flexibility index (Phi) is 15.1. The van der Waals surface area contributed by atoms with Crippen molar-refractivity contribution in [2.45, 2.75) is 110 Å². The molecule has 0 radical (unpaired) electrons. The van der Waals surface area contributed by atoms with Crippen LogP contribution in [-0.4, -0.2) is 52.8 Å². The number of nitriles is 1. The number of amides is 2. The van der Waals surface area contributed by atoms with Crippen LogP contribution in [0, 0.1) is 11.3 Å². The van der Waals surface area contributed by atoms with Gasteiger partial charge in [-0.15, -0.1) is 5.06 Å². The number of nitrogens with zero attached hydrogens (tertiary/aromatic N) is 3. The highest BCUT2D eigenvalue weighted by Crippen LogP contribution is 2.46. The molecule has 2 amide bonds. The molecule has 10 heteroatoms. The van der Waals surface area contributed by atoms with Gasteiger partial charge in [-0.2, -0.15) is 5.26 Å². The van der Waals surface area contributed by atoms with Gasteiger partial charge in [0.05, 0.1) is 25.7 Å². The van der Waals surface area contributed by atoms with Crippen LogP contribution in [0.2, 0.25) is 0 Å². The van der Waals surface area contributed by atoms with Gasteiger partial charge in [0, 0.05) is 31.3 Å². The molecule has 0 saturated carbocycles. The van der Waals surface area contributed by atoms with Gasteiger partial charge in [-0.1, -0.05) is 32.1 Å². The molecule has 1 saturated heterocycles. The SMILES string of the molecule is CC(C)N(C(C)C)P(OCCC#N)OCCCCCCCCCC(=O)ON1C(=O)CCC1=O. The predicted octanol–water partition coefficient (Wildman–Crippen LogP) is 5.01. The van der Waals surface area contributed by atoms with E-state index in [4.69, 9.17) is 19.1 Å². The lowest BCUT2D eigenvalue weighted by Gasteiger charge is -2.35. The highest BCUT2D eigenvalue weighted by Gasteiger charge is 2.32. The lowest BCUT2D eigenvalue weighted by molar-refractivity contribution is -0.197. The van der Waals surface area contributed by atoms with Gasteiger partial charge < -0.3 is 13.9 Å². The van der Waals surface area contributed by atoms with Crippen LogP contribution >= 0.6 is 8.53 Å². The molecule has 188 valence electrons. The fourth-order valence-electron chi connectivity index (χ4n) is 3.52. The van der Waals surface area contributed by atoms with E-state index in [1.165, 1.54) is 0 Å². The van der Waals surface area contributed by atoms with E-state index >= 15 is 0 Å². The van der Waals surface area contributed by atoms with Crippen molar-refractivity contribution in [3.63, 3.8) is 0 Å². The minimum atomic E-state index is -1.17. The van der Waals surface area contributed by atoms with Crippen molar-refractivity contribution in [1.82, 2.24) is 9.73 Å². The molecule has 0 N–H and O–H groups in total. The molecule has 0 aromatic heterocycles. The molecule has 33 heavy (non-hydrogen) atoms. The Bertz CT molecular complexity index is 629. The molecule has 0 aromatic rings. The largest absolute Gasteiger partial charge is 0.333 e. The molecule has 1 heterocycles. The topological polar surface area (TPSA) is 109 Å². The lowest BCUT2D eigenvalue weighted by Crippen LogP contribution is -2.33. The third-order valence-electron chi connectivity index (χ3n) is 5.09. The number of hydrogen-bond acceptors (Lipinski definition) is 8. The summed E-state index contributed by atoms with van der Waals surface area (Å²) in [5.74, 6) is -1.42. The van der Waals surface area contributed by atoms with Crippen LogP contribution in [0.1, 0.15) is 98.3 Å². The monoisotopic (exact) mass is 485 g/mol. The number of rotatable bonds is 18. The molecule has 0 aliphatic carbocycles. The molecule has 0 aromatic carbocycles. The summed E-state index contributed by atoms with van der Waals surface area (Å²) in [5.41, 5.74) is 0. The molecule has 1 rings (SSSR count). The van der Waals surface area contributed by atoms with Crippen LogP contribution in [0.3, 0.4) is 0 Å². The smallest absolute Gasteiger partial charge is 0.330 e. The first kappa shape index (κ1) is 29.4. The average molecular weight is 486 g/mol. The number of unbranched alkanes of at least 4 members (excludes halogenated alkanes) is 6. The van der Waals surface area contributed by atoms with E-state index in [1.54, 1.807) is 0 Å². The van der Waals surface area contributed by atoms with E-state index in [0.29, 0.717) is 43.2 Å². The zero-order chi connectivity index (χ0) is 24.6. The van der Waals surface area contributed by atoms with Crippen molar-refractivity contribution >= 4 is 26.3 Å². The second-order valence-corrected chi connectivity index (χ2v) is 10.1. The fourth-order valence-corrected chi connectivity index (χ4v) is 5.14. The van der Waals surface area contributed by atoms with Crippen LogP contribution < -0.4 is 0 Å². The summed E-state index contributed by atoms with van der Waals surface area (Å²) in [4.78, 5) is 39.5. The summed E-state index contributed by atoms with van der Waals surface area (Å²) in [5, 5.41) is 9.37. The van der Waals surface area contributed by atoms with Crippen LogP contribution in [0.5, 0.6) is 0 Å². The van der Waals surface area contributed by atoms with E-state index in [2.05, 4.69) is 38.4 Å². The summed E-state index contributed by atoms with van der Waals surface area (Å²) in [6.07, 6.45) is 7.59. The Balaban J connectivity index is 2.12. The van der Waals surface area contributed by atoms with Crippen molar-refractivity contribution < 1.29 is 28.3 Å². The van der Waals surface area contributed by atoms with Crippen molar-refractivity contribution in [3.05, 3.63) is 0 Å². The first-order chi connectivity index (χ1) is 15.8. The maximum Gasteiger partial charge on any atom is 0.333 e. The van der Waals surface area contributed by atoms with Crippen LogP contribution in [0.25, 0.3) is 0 Å². The molecule has 1 unspecified atom stereocenters. The highest BCUT2D eigenvalue weighted by atomic mass is 31.2. The second kappa shape index (κ2) is 16.9. The first-order valence-electron chi connectivity index (χ1n) is 12.1. The molecule has 1 aliphatic rings. The third-order valence-corrected chi connectivity index (χ3v) is 7.20. The van der Waals surface area contributed by atoms with Gasteiger partial charge in [0.15, 0.2) is 0 Å². The summed E-state index contributed by atoms with van der Waals surface area (Å²) in [6, 6.07) is 2.70. The molecule has 0 bridgehead atoms. The van der Waals surface area contributed by atoms with Crippen molar-refractivity contribution in [1.29, 1.82) is 5.26 Å². The normalized spacial score (nSPS) is 15.0. The quantitative estimate of drug-likeness (QED) is 0.151. The number of hydrogen-bond donors (Lipinski definition) is 0. The number of carbonyl (C=O) groups excluding carboxylic acids is 3. The predicted molar refractivity (Wildman–Crippen MR) is 125 cm³/mol. The minimum absolute atomic E-state index is 0.112. The van der Waals surface area contributed by atoms with Crippen LogP contribution in [-0.2, 0) is 28.3 Å². The Morgan fingerprint density at radius 2 is 1.45 bits per heavy atom. The number of hydroxylamine groups is 2. The first-order valence-corrected chi connectivity index (χ1v) is 13.2. The van der Waals surface area contributed by atoms with Gasteiger partial charge in [-0.25, -0.2) is 9.46 Å². The molecular formula is C23H40N3O6P. The van der Waals surface area contributed by atoms with E-state index in [1.807, 2.05) is 0 Å². The van der Waals surface area contributed by atoms with Crippen molar-refractivity contribution in [2.75, 3.05) is 13.2 Å². The van der Waals surface area contributed by atoms with Gasteiger partial charge in [0.25, 0.3) is 20.3 Å². The molecule has 1 fully saturated rings. The summed E-state index contributed by atoms with van der Waals surface area (Å²) in [7, 11) is -1.17. The van der Waals surface area contributed by atoms with Gasteiger partial charge in [0.1, 0.15) is 0 Å². The highest BCUT2D eigenvalue weighted by molar-refractivity contribution is 7.44. The average Bonchev–Trinajstić information content (AvgIpc) is 3.06. The summed E-state index contributed by atoms with van der Waals surface area (Å²) in [6.45, 7) is 9.51. The maximum atomic E-state index is 11.8. The van der Waals surface area contributed by atoms with Crippen LogP contribution in [0.15, 0.2) is 0 Å². The standard InChI is InChI=1S/C23H40N3O6P/c1-19(2)26(20(3)4)33(31-18-12-16-24)30-17-11-9-7-5-6-8-10-13-23(29)32-25-21(27)14-15-22(25)28/h19-20H,5-15,17-18H2,1-4H3. The van der Waals surface area contributed by atoms with Crippen molar-refractivity contribution in [3.8, 4) is 6.07 Å². The van der Waals surface area contributed by atoms with Gasteiger partial charge in [-0.3, -0.25) is 9.59 Å². The Hall–Kier alpha value is -1.59. The summed E-state index contributed by atoms with van der Waals surface area (Å²) < 4.78 is 14.2. The van der Waals surface area contributed by atoms with Gasteiger partial charge >= 0.3 is 5.97 Å². The van der Waals surface area contributed by atoms with Crippen LogP contribution in [0.4, 0.5) is 0 Å². The van der Waals surface area contributed by atoms with E-state index in [9.17, 15) is 14.4 Å². The van der Waals surface area contributed by atoms with E-state index in [-0.39, 0.29) is 19.3 Å². The Morgan fingerprint density at radius 1 is 0.939 bits per heavy atom. The number of carbonyl (C=O) groups is 3. The van der Waals surface area contributed by atoms with Gasteiger partial charge in [0.2, 0.25) is 0 Å². The van der Waals surface area contributed by atoms with Crippen molar-refractivity contribution in [2.24, 2.45) is 0 Å². The molecular weight excluding hydrogens is 445 g/mol. The molecule has 1 atom stereocenters. The summed E-state index contributed by atoms with van der Waals surface area (Å²) >= 11 is 0. The zero-order valence-electron chi connectivity index (χ0n) is 20.6. The molecule has 0 spiro atoms. The Morgan fingerprint density at radius 3 is 2.00 bits per heavy atom. The zero-order valence-corrected chi connectivity index (χ0v) is 21.5. The molecule has 9 nitrogen and oxygen atoms in total. The molecule has 1 aliphatic heterocycles. The van der Waals surface area contributed by atoms with Gasteiger partial charge in [-0.05, 0) is 40.5 Å². The lowest BCUT2D eigenvalue weighted by atomic mass is 10.1. The number of imide groups is 1. The third kappa shape index (κ3) is 11.9. The second-order valence-electron chi connectivity index (χ2n) is 8.65. The Labute approximate surface area is 199 Å². The minimum Gasteiger partial charge on any atom is -0.330 e. The van der Waals surface area contributed by atoms with E-state index < -0.39 is 26.3 Å². The maximum absolute atomic E-state index is 11.8.